The van der Waals surface area contributed by atoms with Gasteiger partial charge in [-0.1, -0.05) is 0 Å². The van der Waals surface area contributed by atoms with Crippen molar-refractivity contribution in [3.05, 3.63) is 5.92 Å². The van der Waals surface area contributed by atoms with Gasteiger partial charge in [0.05, 0.1) is 0 Å². The molecule has 0 aliphatic heterocycles. The first kappa shape index (κ1) is 23.3. The zero-order valence-corrected chi connectivity index (χ0v) is 11.4. The first-order chi connectivity index (χ1) is 1.73. The predicted octanol–water partition coefficient (Wildman–Crippen LogP) is 0.674. The Bertz CT molecular complexity index is 16.4. The Kier molecular flexibility index (Phi) is 52.2. The topological polar surface area (TPSA) is 0 Å². The summed E-state index contributed by atoms with van der Waals surface area (Å²) in [4.78, 5) is 0. The molecule has 0 spiro atoms. The van der Waals surface area contributed by atoms with E-state index in [1.165, 1.54) is 5.92 Å². The second kappa shape index (κ2) is 15.6. The van der Waals surface area contributed by atoms with E-state index in [0.29, 0.717) is 0 Å². The Labute approximate surface area is 84.0 Å². The fourth-order valence-corrected chi connectivity index (χ4v) is 0. The van der Waals surface area contributed by atoms with Crippen molar-refractivity contribution in [3.8, 4) is 0 Å². The monoisotopic (exact) mass is 240 g/mol. The molecule has 0 rings (SSSR count). The molecule has 0 saturated heterocycles. The first-order valence-electron chi connectivity index (χ1n) is 1.50. The fraction of sp³-hybridized carbons (Fsp3) is 0.750. The van der Waals surface area contributed by atoms with Gasteiger partial charge in [0.2, 0.25) is 0 Å². The molecule has 0 unspecified atom stereocenters. The van der Waals surface area contributed by atoms with E-state index in [1.807, 2.05) is 0 Å². The van der Waals surface area contributed by atoms with Crippen LogP contribution in [0, 0.1) is 5.92 Å². The number of halogens is 1. The SMILES string of the molecule is C[C-](C)C.I.[Mg+2].[SiH3-]. The molecule has 0 aromatic rings. The average molecular weight is 240 g/mol. The summed E-state index contributed by atoms with van der Waals surface area (Å²) in [6, 6.07) is 0. The van der Waals surface area contributed by atoms with Gasteiger partial charge in [0, 0.05) is 0 Å². The van der Waals surface area contributed by atoms with Crippen molar-refractivity contribution in [2.24, 2.45) is 0 Å². The number of hydrogen-bond acceptors (Lipinski definition) is 0. The van der Waals surface area contributed by atoms with Crippen LogP contribution in [0.15, 0.2) is 0 Å². The zero-order valence-electron chi connectivity index (χ0n) is 5.62. The van der Waals surface area contributed by atoms with Crippen LogP contribution in [-0.4, -0.2) is 34.0 Å². The molecule has 0 nitrogen and oxygen atoms in total. The third-order valence-electron chi connectivity index (χ3n) is 0. The maximum atomic E-state index is 2.08. The van der Waals surface area contributed by atoms with Gasteiger partial charge in [0.25, 0.3) is 0 Å². The van der Waals surface area contributed by atoms with Crippen molar-refractivity contribution in [1.29, 1.82) is 0 Å². The smallest absolute Gasteiger partial charge is 0.323 e. The van der Waals surface area contributed by atoms with Crippen LogP contribution in [0.3, 0.4) is 0 Å². The largest absolute Gasteiger partial charge is 2.00 e. The van der Waals surface area contributed by atoms with E-state index in [4.69, 9.17) is 0 Å². The molecule has 7 heavy (non-hydrogen) atoms. The Morgan fingerprint density at radius 1 is 1.00 bits per heavy atom. The molecule has 0 aromatic carbocycles. The van der Waals surface area contributed by atoms with Crippen LogP contribution in [0.5, 0.6) is 0 Å². The molecule has 0 radical (unpaired) electrons. The summed E-state index contributed by atoms with van der Waals surface area (Å²) >= 11 is 0. The van der Waals surface area contributed by atoms with Gasteiger partial charge >= 0.3 is 23.1 Å². The Morgan fingerprint density at radius 2 is 1.00 bits per heavy atom. The quantitative estimate of drug-likeness (QED) is 0.332. The van der Waals surface area contributed by atoms with Crippen LogP contribution in [0.25, 0.3) is 0 Å². The zero-order chi connectivity index (χ0) is 3.58. The molecule has 3 heteroatoms. The second-order valence-electron chi connectivity index (χ2n) is 1.50. The van der Waals surface area contributed by atoms with Crippen LogP contribution in [0.4, 0.5) is 0 Å². The minimum Gasteiger partial charge on any atom is -0.323 e. The van der Waals surface area contributed by atoms with Crippen LogP contribution >= 0.6 is 24.0 Å². The molecule has 0 bridgehead atoms. The Hall–Kier alpha value is 1.71. The van der Waals surface area contributed by atoms with Gasteiger partial charge in [-0.15, -0.1) is 24.0 Å². The fourth-order valence-electron chi connectivity index (χ4n) is 0. The number of rotatable bonds is 0. The summed E-state index contributed by atoms with van der Waals surface area (Å²) < 4.78 is 0. The summed E-state index contributed by atoms with van der Waals surface area (Å²) in [5, 5.41) is 0. The van der Waals surface area contributed by atoms with E-state index < -0.39 is 0 Å². The van der Waals surface area contributed by atoms with Crippen molar-refractivity contribution in [1.82, 2.24) is 0 Å². The molecule has 0 N–H and O–H groups in total. The van der Waals surface area contributed by atoms with Gasteiger partial charge in [0.1, 0.15) is 0 Å². The molecular weight excluding hydrogens is 227 g/mol. The van der Waals surface area contributed by atoms with Gasteiger partial charge in [0.15, 0.2) is 0 Å². The van der Waals surface area contributed by atoms with Crippen molar-refractivity contribution in [2.45, 2.75) is 20.8 Å². The van der Waals surface area contributed by atoms with Crippen LogP contribution < -0.4 is 0 Å². The van der Waals surface area contributed by atoms with Crippen molar-refractivity contribution < 1.29 is 0 Å². The maximum Gasteiger partial charge on any atom is 2.00 e. The molecule has 0 aliphatic rings. The minimum absolute atomic E-state index is 0. The van der Waals surface area contributed by atoms with E-state index in [2.05, 4.69) is 20.8 Å². The van der Waals surface area contributed by atoms with Crippen molar-refractivity contribution >= 4 is 58.0 Å². The third kappa shape index (κ3) is 85.8. The summed E-state index contributed by atoms with van der Waals surface area (Å²) in [5.41, 5.74) is 0. The Balaban J connectivity index is -0.0000000150. The molecule has 0 aliphatic carbocycles. The van der Waals surface area contributed by atoms with Crippen LogP contribution in [-0.2, 0) is 0 Å². The summed E-state index contributed by atoms with van der Waals surface area (Å²) in [6.45, 7) is 6.25. The van der Waals surface area contributed by atoms with Gasteiger partial charge in [-0.2, -0.15) is 20.8 Å². The molecule has 42 valence electrons. The molecule has 0 aromatic heterocycles. The minimum atomic E-state index is 0. The van der Waals surface area contributed by atoms with Crippen molar-refractivity contribution in [3.63, 3.8) is 0 Å². The molecular formula is C4H13IMgSi. The van der Waals surface area contributed by atoms with Crippen LogP contribution in [0.2, 0.25) is 0 Å². The molecule has 0 amide bonds. The van der Waals surface area contributed by atoms with E-state index in [9.17, 15) is 0 Å². The van der Waals surface area contributed by atoms with E-state index in [1.54, 1.807) is 0 Å². The molecule has 0 fully saturated rings. The third-order valence-corrected chi connectivity index (χ3v) is 0. The van der Waals surface area contributed by atoms with Crippen molar-refractivity contribution in [2.75, 3.05) is 0 Å². The van der Waals surface area contributed by atoms with E-state index >= 15 is 0 Å². The molecule has 0 heterocycles. The maximum absolute atomic E-state index is 2.08. The average Bonchev–Trinajstić information content (AvgIpc) is 0.811. The summed E-state index contributed by atoms with van der Waals surface area (Å²) in [7, 11) is 0. The van der Waals surface area contributed by atoms with Gasteiger partial charge in [-0.25, -0.2) is 0 Å². The molecule has 0 saturated carbocycles. The first-order valence-corrected chi connectivity index (χ1v) is 1.50. The number of hydrogen-bond donors (Lipinski definition) is 0. The van der Waals surface area contributed by atoms with Gasteiger partial charge in [-0.3, -0.25) is 0 Å². The second-order valence-corrected chi connectivity index (χ2v) is 1.50. The summed E-state index contributed by atoms with van der Waals surface area (Å²) in [6.07, 6.45) is 0. The Morgan fingerprint density at radius 3 is 1.00 bits per heavy atom. The van der Waals surface area contributed by atoms with E-state index in [-0.39, 0.29) is 58.0 Å². The normalized spacial score (nSPS) is 5.14. The predicted molar refractivity (Wildman–Crippen MR) is 51.4 cm³/mol. The van der Waals surface area contributed by atoms with Crippen LogP contribution in [0.1, 0.15) is 20.8 Å². The van der Waals surface area contributed by atoms with Gasteiger partial charge < -0.3 is 16.9 Å². The van der Waals surface area contributed by atoms with E-state index in [0.717, 1.165) is 0 Å². The standard InChI is InChI=1S/C4H9.HI.Mg.H3Si/c1-4(2)3;;;/h1-3H3;1H;;1H3/q-1;;+2;-1. The molecule has 0 atom stereocenters. The van der Waals surface area contributed by atoms with Gasteiger partial charge in [-0.05, 0) is 0 Å². The summed E-state index contributed by atoms with van der Waals surface area (Å²) in [5.74, 6) is 1.42.